The largest absolute Gasteiger partial charge is 0.370 e. The fourth-order valence-electron chi connectivity index (χ4n) is 2.57. The minimum Gasteiger partial charge on any atom is -0.370 e. The Labute approximate surface area is 137 Å². The van der Waals surface area contributed by atoms with Gasteiger partial charge in [0.15, 0.2) is 5.78 Å². The molecule has 2 nitrogen and oxygen atoms in total. The summed E-state index contributed by atoms with van der Waals surface area (Å²) in [6.45, 7) is 0.840. The van der Waals surface area contributed by atoms with E-state index in [1.165, 1.54) is 5.56 Å². The fraction of sp³-hybridized carbons (Fsp3) is 0.0952. The molecular weight excluding hydrogens is 282 g/mol. The number of benzene rings is 3. The molecule has 0 N–H and O–H groups in total. The molecule has 23 heavy (non-hydrogen) atoms. The molecule has 3 aromatic rings. The lowest BCUT2D eigenvalue weighted by atomic mass is 10.0. The Bertz CT molecular complexity index is 764. The second-order valence-corrected chi connectivity index (χ2v) is 5.58. The van der Waals surface area contributed by atoms with Crippen molar-refractivity contribution >= 4 is 11.5 Å². The number of carbonyl (C=O) groups is 1. The molecule has 0 saturated carbocycles. The quantitative estimate of drug-likeness (QED) is 0.644. The van der Waals surface area contributed by atoms with Gasteiger partial charge in [-0.2, -0.15) is 0 Å². The van der Waals surface area contributed by atoms with E-state index in [2.05, 4.69) is 24.1 Å². The molecule has 3 aromatic carbocycles. The van der Waals surface area contributed by atoms with Gasteiger partial charge in [0.05, 0.1) is 0 Å². The number of ketones is 1. The molecule has 2 heteroatoms. The Morgan fingerprint density at radius 3 is 1.87 bits per heavy atom. The molecule has 0 spiro atoms. The Balaban J connectivity index is 1.73. The van der Waals surface area contributed by atoms with Gasteiger partial charge >= 0.3 is 0 Å². The van der Waals surface area contributed by atoms with Crippen molar-refractivity contribution in [2.45, 2.75) is 6.54 Å². The maximum Gasteiger partial charge on any atom is 0.193 e. The van der Waals surface area contributed by atoms with Crippen molar-refractivity contribution in [3.05, 3.63) is 102 Å². The van der Waals surface area contributed by atoms with Crippen molar-refractivity contribution in [1.82, 2.24) is 0 Å². The number of anilines is 1. The summed E-state index contributed by atoms with van der Waals surface area (Å²) in [6, 6.07) is 27.5. The molecule has 0 amide bonds. The van der Waals surface area contributed by atoms with Gasteiger partial charge in [0.25, 0.3) is 0 Å². The minimum atomic E-state index is 0.0582. The highest BCUT2D eigenvalue weighted by atomic mass is 16.1. The first-order valence-corrected chi connectivity index (χ1v) is 7.69. The van der Waals surface area contributed by atoms with E-state index in [9.17, 15) is 4.79 Å². The van der Waals surface area contributed by atoms with Gasteiger partial charge in [-0.3, -0.25) is 4.79 Å². The molecule has 0 bridgehead atoms. The molecule has 0 aromatic heterocycles. The van der Waals surface area contributed by atoms with Crippen LogP contribution in [0.3, 0.4) is 0 Å². The highest BCUT2D eigenvalue weighted by Crippen LogP contribution is 2.18. The van der Waals surface area contributed by atoms with Crippen molar-refractivity contribution in [3.63, 3.8) is 0 Å². The van der Waals surface area contributed by atoms with Crippen LogP contribution in [0, 0.1) is 0 Å². The molecule has 0 atom stereocenters. The Morgan fingerprint density at radius 2 is 1.26 bits per heavy atom. The third-order valence-corrected chi connectivity index (χ3v) is 3.87. The van der Waals surface area contributed by atoms with Crippen LogP contribution >= 0.6 is 0 Å². The van der Waals surface area contributed by atoms with Crippen LogP contribution in [0.4, 0.5) is 5.69 Å². The van der Waals surface area contributed by atoms with Gasteiger partial charge in [0, 0.05) is 30.4 Å². The van der Waals surface area contributed by atoms with Crippen molar-refractivity contribution in [2.24, 2.45) is 0 Å². The molecule has 3 rings (SSSR count). The normalized spacial score (nSPS) is 10.3. The maximum absolute atomic E-state index is 12.4. The predicted octanol–water partition coefficient (Wildman–Crippen LogP) is 4.55. The van der Waals surface area contributed by atoms with Gasteiger partial charge in [-0.25, -0.2) is 0 Å². The average molecular weight is 301 g/mol. The minimum absolute atomic E-state index is 0.0582. The first kappa shape index (κ1) is 15.0. The van der Waals surface area contributed by atoms with Crippen LogP contribution in [0.25, 0.3) is 0 Å². The molecular formula is C21H19NO. The second-order valence-electron chi connectivity index (χ2n) is 5.58. The van der Waals surface area contributed by atoms with Crippen LogP contribution in [-0.4, -0.2) is 12.8 Å². The van der Waals surface area contributed by atoms with E-state index in [1.807, 2.05) is 72.8 Å². The first-order valence-electron chi connectivity index (χ1n) is 7.69. The predicted molar refractivity (Wildman–Crippen MR) is 94.9 cm³/mol. The van der Waals surface area contributed by atoms with Crippen molar-refractivity contribution in [2.75, 3.05) is 11.9 Å². The zero-order valence-corrected chi connectivity index (χ0v) is 13.1. The van der Waals surface area contributed by atoms with Crippen LogP contribution in [0.15, 0.2) is 84.9 Å². The molecule has 0 aliphatic rings. The summed E-state index contributed by atoms with van der Waals surface area (Å²) in [5.74, 6) is 0.0582. The lowest BCUT2D eigenvalue weighted by molar-refractivity contribution is 0.103. The number of carbonyl (C=O) groups excluding carboxylic acids is 1. The third-order valence-electron chi connectivity index (χ3n) is 3.87. The van der Waals surface area contributed by atoms with Gasteiger partial charge in [-0.1, -0.05) is 60.7 Å². The van der Waals surface area contributed by atoms with Crippen LogP contribution in [-0.2, 0) is 6.54 Å². The van der Waals surface area contributed by atoms with E-state index >= 15 is 0 Å². The van der Waals surface area contributed by atoms with Crippen LogP contribution in [0.5, 0.6) is 0 Å². The molecule has 0 unspecified atom stereocenters. The highest BCUT2D eigenvalue weighted by molar-refractivity contribution is 6.09. The Morgan fingerprint density at radius 1 is 0.739 bits per heavy atom. The molecule has 0 radical (unpaired) electrons. The van der Waals surface area contributed by atoms with Crippen molar-refractivity contribution < 1.29 is 4.79 Å². The summed E-state index contributed by atoms with van der Waals surface area (Å²) >= 11 is 0. The molecule has 0 aliphatic heterocycles. The smallest absolute Gasteiger partial charge is 0.193 e. The van der Waals surface area contributed by atoms with Crippen molar-refractivity contribution in [1.29, 1.82) is 0 Å². The van der Waals surface area contributed by atoms with Crippen LogP contribution in [0.1, 0.15) is 21.5 Å². The van der Waals surface area contributed by atoms with E-state index < -0.39 is 0 Å². The lowest BCUT2D eigenvalue weighted by Gasteiger charge is -2.19. The molecule has 0 fully saturated rings. The molecule has 0 aliphatic carbocycles. The highest BCUT2D eigenvalue weighted by Gasteiger charge is 2.09. The summed E-state index contributed by atoms with van der Waals surface area (Å²) in [5.41, 5.74) is 3.80. The van der Waals surface area contributed by atoms with Gasteiger partial charge in [0.1, 0.15) is 0 Å². The monoisotopic (exact) mass is 301 g/mol. The van der Waals surface area contributed by atoms with E-state index in [0.717, 1.165) is 17.8 Å². The molecule has 114 valence electrons. The van der Waals surface area contributed by atoms with Gasteiger partial charge < -0.3 is 4.90 Å². The number of nitrogens with zero attached hydrogens (tertiary/aromatic N) is 1. The topological polar surface area (TPSA) is 20.3 Å². The third kappa shape index (κ3) is 3.67. The van der Waals surface area contributed by atoms with E-state index in [-0.39, 0.29) is 5.78 Å². The maximum atomic E-state index is 12.4. The summed E-state index contributed by atoms with van der Waals surface area (Å²) in [5, 5.41) is 0. The SMILES string of the molecule is CN(Cc1ccccc1)c1ccc(C(=O)c2ccccc2)cc1. The van der Waals surface area contributed by atoms with Gasteiger partial charge in [0.2, 0.25) is 0 Å². The number of rotatable bonds is 5. The lowest BCUT2D eigenvalue weighted by Crippen LogP contribution is -2.16. The second kappa shape index (κ2) is 6.93. The Kier molecular flexibility index (Phi) is 4.53. The van der Waals surface area contributed by atoms with Crippen LogP contribution < -0.4 is 4.90 Å². The van der Waals surface area contributed by atoms with E-state index in [4.69, 9.17) is 0 Å². The first-order chi connectivity index (χ1) is 11.2. The van der Waals surface area contributed by atoms with E-state index in [0.29, 0.717) is 5.56 Å². The zero-order chi connectivity index (χ0) is 16.1. The standard InChI is InChI=1S/C21H19NO/c1-22(16-17-8-4-2-5-9-17)20-14-12-19(13-15-20)21(23)18-10-6-3-7-11-18/h2-15H,16H2,1H3. The summed E-state index contributed by atoms with van der Waals surface area (Å²) in [7, 11) is 2.06. The van der Waals surface area contributed by atoms with E-state index in [1.54, 1.807) is 0 Å². The number of hydrogen-bond donors (Lipinski definition) is 0. The zero-order valence-electron chi connectivity index (χ0n) is 13.1. The molecule has 0 heterocycles. The van der Waals surface area contributed by atoms with Crippen molar-refractivity contribution in [3.8, 4) is 0 Å². The fourth-order valence-corrected chi connectivity index (χ4v) is 2.57. The van der Waals surface area contributed by atoms with Crippen LogP contribution in [0.2, 0.25) is 0 Å². The average Bonchev–Trinajstić information content (AvgIpc) is 2.63. The number of hydrogen-bond acceptors (Lipinski definition) is 2. The summed E-state index contributed by atoms with van der Waals surface area (Å²) < 4.78 is 0. The molecule has 0 saturated heterocycles. The summed E-state index contributed by atoms with van der Waals surface area (Å²) in [6.07, 6.45) is 0. The summed E-state index contributed by atoms with van der Waals surface area (Å²) in [4.78, 5) is 14.6. The Hall–Kier alpha value is -2.87. The van der Waals surface area contributed by atoms with Gasteiger partial charge in [-0.15, -0.1) is 0 Å². The van der Waals surface area contributed by atoms with Gasteiger partial charge in [-0.05, 0) is 29.8 Å².